The second-order valence-electron chi connectivity index (χ2n) is 6.30. The molecule has 1 aliphatic rings. The summed E-state index contributed by atoms with van der Waals surface area (Å²) in [4.78, 5) is 12.4. The Hall–Kier alpha value is -2.14. The summed E-state index contributed by atoms with van der Waals surface area (Å²) >= 11 is 0. The van der Waals surface area contributed by atoms with E-state index in [1.165, 1.54) is 0 Å². The summed E-state index contributed by atoms with van der Waals surface area (Å²) in [6.07, 6.45) is 2.16. The molecule has 0 unspecified atom stereocenters. The number of rotatable bonds is 4. The van der Waals surface area contributed by atoms with Gasteiger partial charge < -0.3 is 10.6 Å². The highest BCUT2D eigenvalue weighted by atomic mass is 16.1. The van der Waals surface area contributed by atoms with Gasteiger partial charge in [-0.05, 0) is 57.0 Å². The van der Waals surface area contributed by atoms with Crippen LogP contribution in [-0.2, 0) is 6.54 Å². The molecular formula is C18H24N4O. The molecular weight excluding hydrogens is 288 g/mol. The maximum Gasteiger partial charge on any atom is 0.251 e. The first-order chi connectivity index (χ1) is 11.1. The van der Waals surface area contributed by atoms with Crippen molar-refractivity contribution in [2.75, 3.05) is 13.1 Å². The van der Waals surface area contributed by atoms with Gasteiger partial charge in [0, 0.05) is 23.8 Å². The molecule has 2 heterocycles. The normalized spacial score (nSPS) is 17.9. The molecule has 1 aliphatic heterocycles. The minimum absolute atomic E-state index is 0.00826. The van der Waals surface area contributed by atoms with E-state index in [1.54, 1.807) is 0 Å². The summed E-state index contributed by atoms with van der Waals surface area (Å²) in [7, 11) is 0. The lowest BCUT2D eigenvalue weighted by Crippen LogP contribution is -2.45. The van der Waals surface area contributed by atoms with Gasteiger partial charge in [-0.3, -0.25) is 9.48 Å². The topological polar surface area (TPSA) is 59.0 Å². The highest BCUT2D eigenvalue weighted by Crippen LogP contribution is 2.11. The summed E-state index contributed by atoms with van der Waals surface area (Å²) in [5.41, 5.74) is 3.95. The molecule has 1 amide bonds. The number of carbonyl (C=O) groups excluding carboxylic acids is 1. The number of hydrogen-bond acceptors (Lipinski definition) is 3. The van der Waals surface area contributed by atoms with Crippen LogP contribution in [0, 0.1) is 13.8 Å². The molecule has 2 aromatic rings. The predicted octanol–water partition coefficient (Wildman–Crippen LogP) is 2.03. The smallest absolute Gasteiger partial charge is 0.251 e. The first kappa shape index (κ1) is 15.7. The van der Waals surface area contributed by atoms with Crippen molar-refractivity contribution in [1.82, 2.24) is 20.4 Å². The summed E-state index contributed by atoms with van der Waals surface area (Å²) in [5, 5.41) is 10.9. The van der Waals surface area contributed by atoms with Gasteiger partial charge in [0.1, 0.15) is 0 Å². The first-order valence-corrected chi connectivity index (χ1v) is 8.23. The summed E-state index contributed by atoms with van der Waals surface area (Å²) in [6.45, 7) is 6.63. The molecule has 0 aliphatic carbocycles. The van der Waals surface area contributed by atoms with Gasteiger partial charge >= 0.3 is 0 Å². The van der Waals surface area contributed by atoms with Gasteiger partial charge in [-0.2, -0.15) is 5.10 Å². The molecule has 122 valence electrons. The van der Waals surface area contributed by atoms with E-state index in [1.807, 2.05) is 42.8 Å². The number of carbonyl (C=O) groups is 1. The third kappa shape index (κ3) is 3.99. The molecule has 1 fully saturated rings. The van der Waals surface area contributed by atoms with Gasteiger partial charge in [-0.1, -0.05) is 12.1 Å². The van der Waals surface area contributed by atoms with Crippen molar-refractivity contribution in [3.63, 3.8) is 0 Å². The number of piperidine rings is 1. The highest BCUT2D eigenvalue weighted by molar-refractivity contribution is 5.94. The van der Waals surface area contributed by atoms with Crippen molar-refractivity contribution < 1.29 is 4.79 Å². The molecule has 0 radical (unpaired) electrons. The van der Waals surface area contributed by atoms with Crippen LogP contribution < -0.4 is 10.6 Å². The van der Waals surface area contributed by atoms with E-state index in [4.69, 9.17) is 0 Å². The zero-order valence-corrected chi connectivity index (χ0v) is 13.8. The van der Waals surface area contributed by atoms with Crippen LogP contribution in [0.5, 0.6) is 0 Å². The van der Waals surface area contributed by atoms with Gasteiger partial charge in [0.15, 0.2) is 0 Å². The summed E-state index contributed by atoms with van der Waals surface area (Å²) < 4.78 is 1.97. The zero-order chi connectivity index (χ0) is 16.2. The Labute approximate surface area is 137 Å². The number of aromatic nitrogens is 2. The second kappa shape index (κ2) is 6.96. The second-order valence-corrected chi connectivity index (χ2v) is 6.30. The first-order valence-electron chi connectivity index (χ1n) is 8.23. The number of benzene rings is 1. The molecule has 1 atom stereocenters. The van der Waals surface area contributed by atoms with Gasteiger partial charge in [0.25, 0.3) is 5.91 Å². The molecule has 2 N–H and O–H groups in total. The summed E-state index contributed by atoms with van der Waals surface area (Å²) in [5.74, 6) is 0.00826. The van der Waals surface area contributed by atoms with Crippen LogP contribution in [0.3, 0.4) is 0 Å². The standard InChI is InChI=1S/C18H24N4O/c1-13-9-14(2)22(21-13)12-15-5-3-6-16(10-15)18(23)20-17-7-4-8-19-11-17/h3,5-6,9-10,17,19H,4,7-8,11-12H2,1-2H3,(H,20,23)/t17-/m0/s1. The monoisotopic (exact) mass is 312 g/mol. The van der Waals surface area contributed by atoms with Crippen molar-refractivity contribution in [2.45, 2.75) is 39.3 Å². The minimum Gasteiger partial charge on any atom is -0.348 e. The van der Waals surface area contributed by atoms with E-state index < -0.39 is 0 Å². The molecule has 0 spiro atoms. The van der Waals surface area contributed by atoms with E-state index in [0.717, 1.165) is 48.4 Å². The zero-order valence-electron chi connectivity index (χ0n) is 13.8. The van der Waals surface area contributed by atoms with Crippen LogP contribution >= 0.6 is 0 Å². The quantitative estimate of drug-likeness (QED) is 0.908. The predicted molar refractivity (Wildman–Crippen MR) is 90.6 cm³/mol. The molecule has 3 rings (SSSR count). The average molecular weight is 312 g/mol. The number of aryl methyl sites for hydroxylation is 2. The Morgan fingerprint density at radius 1 is 1.39 bits per heavy atom. The van der Waals surface area contributed by atoms with Crippen LogP contribution in [-0.4, -0.2) is 34.8 Å². The molecule has 1 aromatic carbocycles. The molecule has 1 saturated heterocycles. The SMILES string of the molecule is Cc1cc(C)n(Cc2cccc(C(=O)N[C@H]3CCCNC3)c2)n1. The Morgan fingerprint density at radius 3 is 2.96 bits per heavy atom. The fourth-order valence-electron chi connectivity index (χ4n) is 3.06. The average Bonchev–Trinajstić information content (AvgIpc) is 2.86. The van der Waals surface area contributed by atoms with E-state index >= 15 is 0 Å². The summed E-state index contributed by atoms with van der Waals surface area (Å²) in [6, 6.07) is 10.1. The minimum atomic E-state index is 0.00826. The van der Waals surface area contributed by atoms with Crippen molar-refractivity contribution in [1.29, 1.82) is 0 Å². The molecule has 5 heteroatoms. The fourth-order valence-corrected chi connectivity index (χ4v) is 3.06. The highest BCUT2D eigenvalue weighted by Gasteiger charge is 2.16. The van der Waals surface area contributed by atoms with Crippen LogP contribution in [0.1, 0.15) is 40.2 Å². The number of hydrogen-bond donors (Lipinski definition) is 2. The number of nitrogens with one attached hydrogen (secondary N) is 2. The maximum atomic E-state index is 12.4. The molecule has 0 bridgehead atoms. The van der Waals surface area contributed by atoms with Crippen molar-refractivity contribution in [2.24, 2.45) is 0 Å². The third-order valence-electron chi connectivity index (χ3n) is 4.26. The lowest BCUT2D eigenvalue weighted by atomic mass is 10.1. The van der Waals surface area contributed by atoms with E-state index in [0.29, 0.717) is 6.54 Å². The molecule has 5 nitrogen and oxygen atoms in total. The van der Waals surface area contributed by atoms with Gasteiger partial charge in [0.2, 0.25) is 0 Å². The molecule has 23 heavy (non-hydrogen) atoms. The van der Waals surface area contributed by atoms with Crippen LogP contribution in [0.15, 0.2) is 30.3 Å². The van der Waals surface area contributed by atoms with Gasteiger partial charge in [-0.15, -0.1) is 0 Å². The Kier molecular flexibility index (Phi) is 4.76. The maximum absolute atomic E-state index is 12.4. The molecule has 1 aromatic heterocycles. The number of amides is 1. The lowest BCUT2D eigenvalue weighted by Gasteiger charge is -2.23. The fraction of sp³-hybridized carbons (Fsp3) is 0.444. The van der Waals surface area contributed by atoms with E-state index in [-0.39, 0.29) is 11.9 Å². The van der Waals surface area contributed by atoms with Crippen LogP contribution in [0.4, 0.5) is 0 Å². The van der Waals surface area contributed by atoms with Gasteiger partial charge in [-0.25, -0.2) is 0 Å². The van der Waals surface area contributed by atoms with Gasteiger partial charge in [0.05, 0.1) is 12.2 Å². The Morgan fingerprint density at radius 2 is 2.26 bits per heavy atom. The number of nitrogens with zero attached hydrogens (tertiary/aromatic N) is 2. The largest absolute Gasteiger partial charge is 0.348 e. The van der Waals surface area contributed by atoms with Crippen molar-refractivity contribution in [3.05, 3.63) is 52.8 Å². The van der Waals surface area contributed by atoms with Crippen molar-refractivity contribution >= 4 is 5.91 Å². The molecule has 0 saturated carbocycles. The third-order valence-corrected chi connectivity index (χ3v) is 4.26. The van der Waals surface area contributed by atoms with E-state index in [2.05, 4.69) is 21.8 Å². The Bertz CT molecular complexity index is 686. The van der Waals surface area contributed by atoms with Crippen LogP contribution in [0.2, 0.25) is 0 Å². The van der Waals surface area contributed by atoms with E-state index in [9.17, 15) is 4.79 Å². The van der Waals surface area contributed by atoms with Crippen molar-refractivity contribution in [3.8, 4) is 0 Å². The van der Waals surface area contributed by atoms with Crippen LogP contribution in [0.25, 0.3) is 0 Å². The lowest BCUT2D eigenvalue weighted by molar-refractivity contribution is 0.0930. The Balaban J connectivity index is 1.69.